The number of aliphatic imine (C=N–C) groups is 1. The summed E-state index contributed by atoms with van der Waals surface area (Å²) in [5.74, 6) is -2.07. The molecule has 4 atom stereocenters. The number of ether oxygens (including phenoxy) is 2. The SMILES string of the molecule is COC[C@H](C)NC(=O)c1ccc(F)c([C@@]2(C(F)F)N=C(N)O[C@@H]3CC32)c1. The first-order valence-corrected chi connectivity index (χ1v) is 8.19. The average molecular weight is 371 g/mol. The Morgan fingerprint density at radius 3 is 2.92 bits per heavy atom. The maximum atomic E-state index is 14.5. The van der Waals surface area contributed by atoms with Crippen molar-refractivity contribution in [1.29, 1.82) is 0 Å². The van der Waals surface area contributed by atoms with Crippen molar-refractivity contribution in [2.24, 2.45) is 16.6 Å². The van der Waals surface area contributed by atoms with Crippen molar-refractivity contribution in [3.63, 3.8) is 0 Å². The maximum absolute atomic E-state index is 14.5. The van der Waals surface area contributed by atoms with Crippen LogP contribution in [0.5, 0.6) is 0 Å². The van der Waals surface area contributed by atoms with E-state index in [0.29, 0.717) is 6.42 Å². The van der Waals surface area contributed by atoms with Crippen LogP contribution in [0.15, 0.2) is 23.2 Å². The molecule has 1 aromatic rings. The predicted octanol–water partition coefficient (Wildman–Crippen LogP) is 1.78. The maximum Gasteiger partial charge on any atom is 0.283 e. The number of nitrogens with two attached hydrogens (primary N) is 1. The standard InChI is InChI=1S/C17H20F3N3O3/c1-8(7-25-2)22-14(24)9-3-4-12(18)10(5-9)17(15(19)20)11-6-13(11)26-16(21)23-17/h3-5,8,11,13,15H,6-7H2,1-2H3,(H2,21,23)(H,22,24)/t8-,11?,13+,17+/m0/s1. The highest BCUT2D eigenvalue weighted by molar-refractivity contribution is 5.94. The molecule has 1 saturated carbocycles. The van der Waals surface area contributed by atoms with E-state index in [1.807, 2.05) is 0 Å². The lowest BCUT2D eigenvalue weighted by atomic mass is 9.84. The Hall–Kier alpha value is -2.29. The number of hydrogen-bond donors (Lipinski definition) is 2. The van der Waals surface area contributed by atoms with E-state index in [9.17, 15) is 18.0 Å². The van der Waals surface area contributed by atoms with E-state index in [1.54, 1.807) is 6.92 Å². The molecule has 2 aliphatic rings. The molecule has 0 spiro atoms. The van der Waals surface area contributed by atoms with Gasteiger partial charge in [0.05, 0.1) is 6.61 Å². The molecule has 1 aliphatic carbocycles. The molecule has 1 unspecified atom stereocenters. The zero-order chi connectivity index (χ0) is 19.1. The Morgan fingerprint density at radius 2 is 2.27 bits per heavy atom. The van der Waals surface area contributed by atoms with E-state index < -0.39 is 41.7 Å². The van der Waals surface area contributed by atoms with Gasteiger partial charge >= 0.3 is 0 Å². The second-order valence-corrected chi connectivity index (χ2v) is 6.60. The summed E-state index contributed by atoms with van der Waals surface area (Å²) in [5, 5.41) is 2.66. The largest absolute Gasteiger partial charge is 0.462 e. The minimum absolute atomic E-state index is 0.0573. The molecule has 3 rings (SSSR count). The fourth-order valence-corrected chi connectivity index (χ4v) is 3.37. The molecule has 0 bridgehead atoms. The van der Waals surface area contributed by atoms with Crippen LogP contribution in [0.2, 0.25) is 0 Å². The lowest BCUT2D eigenvalue weighted by molar-refractivity contribution is 0.0176. The minimum Gasteiger partial charge on any atom is -0.462 e. The number of benzene rings is 1. The fourth-order valence-electron chi connectivity index (χ4n) is 3.37. The Bertz CT molecular complexity index is 743. The third-order valence-corrected chi connectivity index (χ3v) is 4.65. The summed E-state index contributed by atoms with van der Waals surface area (Å²) in [4.78, 5) is 16.1. The van der Waals surface area contributed by atoms with Gasteiger partial charge in [-0.2, -0.15) is 0 Å². The second kappa shape index (κ2) is 6.79. The lowest BCUT2D eigenvalue weighted by Crippen LogP contribution is -2.43. The molecule has 3 N–H and O–H groups in total. The topological polar surface area (TPSA) is 85.9 Å². The number of amidine groups is 1. The number of carbonyl (C=O) groups excluding carboxylic acids is 1. The van der Waals surface area contributed by atoms with Crippen LogP contribution < -0.4 is 11.1 Å². The van der Waals surface area contributed by atoms with Gasteiger partial charge < -0.3 is 20.5 Å². The van der Waals surface area contributed by atoms with E-state index in [0.717, 1.165) is 12.1 Å². The van der Waals surface area contributed by atoms with Crippen LogP contribution in [0.4, 0.5) is 13.2 Å². The summed E-state index contributed by atoms with van der Waals surface area (Å²) in [5.41, 5.74) is 3.09. The zero-order valence-electron chi connectivity index (χ0n) is 14.3. The monoisotopic (exact) mass is 371 g/mol. The van der Waals surface area contributed by atoms with E-state index in [-0.39, 0.29) is 23.8 Å². The number of fused-ring (bicyclic) bond motifs is 1. The highest BCUT2D eigenvalue weighted by Gasteiger charge is 2.64. The van der Waals surface area contributed by atoms with Gasteiger partial charge in [0.2, 0.25) is 0 Å². The smallest absolute Gasteiger partial charge is 0.283 e. The van der Waals surface area contributed by atoms with Gasteiger partial charge in [-0.25, -0.2) is 18.2 Å². The number of carbonyl (C=O) groups is 1. The summed E-state index contributed by atoms with van der Waals surface area (Å²) < 4.78 is 52.7. The van der Waals surface area contributed by atoms with E-state index >= 15 is 0 Å². The van der Waals surface area contributed by atoms with Crippen LogP contribution in [0.3, 0.4) is 0 Å². The molecule has 1 aromatic carbocycles. The van der Waals surface area contributed by atoms with Gasteiger partial charge in [-0.3, -0.25) is 4.79 Å². The summed E-state index contributed by atoms with van der Waals surface area (Å²) >= 11 is 0. The molecule has 26 heavy (non-hydrogen) atoms. The first-order chi connectivity index (χ1) is 12.3. The Labute approximate surface area is 148 Å². The normalized spacial score (nSPS) is 28.0. The summed E-state index contributed by atoms with van der Waals surface area (Å²) in [7, 11) is 1.49. The van der Waals surface area contributed by atoms with Gasteiger partial charge in [-0.05, 0) is 31.5 Å². The van der Waals surface area contributed by atoms with Gasteiger partial charge in [0.25, 0.3) is 18.4 Å². The van der Waals surface area contributed by atoms with Gasteiger partial charge in [0, 0.05) is 30.2 Å². The van der Waals surface area contributed by atoms with Gasteiger partial charge in [-0.15, -0.1) is 0 Å². The number of nitrogens with one attached hydrogen (secondary N) is 1. The number of amides is 1. The Balaban J connectivity index is 1.99. The van der Waals surface area contributed by atoms with Crippen LogP contribution in [0.1, 0.15) is 29.3 Å². The van der Waals surface area contributed by atoms with Gasteiger partial charge in [-0.1, -0.05) is 0 Å². The van der Waals surface area contributed by atoms with Crippen molar-refractivity contribution in [3.05, 3.63) is 35.1 Å². The van der Waals surface area contributed by atoms with Crippen molar-refractivity contribution in [1.82, 2.24) is 5.32 Å². The predicted molar refractivity (Wildman–Crippen MR) is 87.5 cm³/mol. The fraction of sp³-hybridized carbons (Fsp3) is 0.529. The number of methoxy groups -OCH3 is 1. The molecule has 0 saturated heterocycles. The zero-order valence-corrected chi connectivity index (χ0v) is 14.3. The number of hydrogen-bond acceptors (Lipinski definition) is 5. The van der Waals surface area contributed by atoms with Crippen molar-refractivity contribution < 1.29 is 27.4 Å². The van der Waals surface area contributed by atoms with Crippen molar-refractivity contribution in [3.8, 4) is 0 Å². The average Bonchev–Trinajstić information content (AvgIpc) is 3.33. The minimum atomic E-state index is -3.00. The number of halogens is 3. The molecule has 1 heterocycles. The van der Waals surface area contributed by atoms with Crippen molar-refractivity contribution >= 4 is 11.9 Å². The highest BCUT2D eigenvalue weighted by atomic mass is 19.3. The summed E-state index contributed by atoms with van der Waals surface area (Å²) in [6, 6.07) is 2.66. The molecular weight excluding hydrogens is 351 g/mol. The van der Waals surface area contributed by atoms with Crippen LogP contribution in [-0.4, -0.2) is 44.2 Å². The molecule has 1 aliphatic heterocycles. The van der Waals surface area contributed by atoms with E-state index in [2.05, 4.69) is 10.3 Å². The van der Waals surface area contributed by atoms with Gasteiger partial charge in [0.15, 0.2) is 5.54 Å². The van der Waals surface area contributed by atoms with Crippen LogP contribution >= 0.6 is 0 Å². The third-order valence-electron chi connectivity index (χ3n) is 4.65. The first-order valence-electron chi connectivity index (χ1n) is 8.19. The quantitative estimate of drug-likeness (QED) is 0.798. The molecule has 142 valence electrons. The van der Waals surface area contributed by atoms with E-state index in [4.69, 9.17) is 15.2 Å². The van der Waals surface area contributed by atoms with Crippen molar-refractivity contribution in [2.45, 2.75) is 37.5 Å². The molecule has 1 amide bonds. The lowest BCUT2D eigenvalue weighted by Gasteiger charge is -2.33. The third kappa shape index (κ3) is 3.11. The van der Waals surface area contributed by atoms with Crippen LogP contribution in [-0.2, 0) is 15.0 Å². The number of nitrogens with zero attached hydrogens (tertiary/aromatic N) is 1. The molecular formula is C17H20F3N3O3. The van der Waals surface area contributed by atoms with Crippen LogP contribution in [0.25, 0.3) is 0 Å². The number of rotatable bonds is 6. The van der Waals surface area contributed by atoms with Gasteiger partial charge in [0.1, 0.15) is 11.9 Å². The Morgan fingerprint density at radius 1 is 1.54 bits per heavy atom. The van der Waals surface area contributed by atoms with Crippen molar-refractivity contribution in [2.75, 3.05) is 13.7 Å². The summed E-state index contributed by atoms with van der Waals surface area (Å²) in [6.45, 7) is 2.01. The number of alkyl halides is 2. The Kier molecular flexibility index (Phi) is 4.83. The molecule has 1 fully saturated rings. The van der Waals surface area contributed by atoms with Crippen LogP contribution in [0, 0.1) is 11.7 Å². The first kappa shape index (κ1) is 18.5. The molecule has 0 radical (unpaired) electrons. The molecule has 9 heteroatoms. The second-order valence-electron chi connectivity index (χ2n) is 6.60. The summed E-state index contributed by atoms with van der Waals surface area (Å²) in [6.07, 6.45) is -3.21. The molecule has 6 nitrogen and oxygen atoms in total. The van der Waals surface area contributed by atoms with E-state index in [1.165, 1.54) is 13.2 Å². The highest BCUT2D eigenvalue weighted by Crippen LogP contribution is 2.56. The molecule has 0 aromatic heterocycles.